The van der Waals surface area contributed by atoms with Gasteiger partial charge in [0.15, 0.2) is 0 Å². The molecule has 0 aromatic heterocycles. The number of halogens is 4. The zero-order valence-electron chi connectivity index (χ0n) is 9.67. The molecule has 1 fully saturated rings. The lowest BCUT2D eigenvalue weighted by molar-refractivity contribution is -0.175. The molecule has 0 saturated carbocycles. The second kappa shape index (κ2) is 4.88. The molecule has 1 aromatic carbocycles. The predicted octanol–water partition coefficient (Wildman–Crippen LogP) is 3.70. The molecule has 2 rings (SSSR count). The van der Waals surface area contributed by atoms with Crippen molar-refractivity contribution in [1.82, 2.24) is 0 Å². The quantitative estimate of drug-likeness (QED) is 0.794. The maximum atomic E-state index is 12.7. The fraction of sp³-hybridized carbons (Fsp3) is 0.500. The lowest BCUT2D eigenvalue weighted by Crippen LogP contribution is -2.41. The van der Waals surface area contributed by atoms with E-state index >= 15 is 0 Å². The first-order valence-electron chi connectivity index (χ1n) is 5.74. The fourth-order valence-corrected chi connectivity index (χ4v) is 2.55. The van der Waals surface area contributed by atoms with Gasteiger partial charge >= 0.3 is 6.18 Å². The first kappa shape index (κ1) is 13.3. The van der Waals surface area contributed by atoms with Crippen LogP contribution in [0.2, 0.25) is 5.02 Å². The van der Waals surface area contributed by atoms with Crippen molar-refractivity contribution in [1.29, 1.82) is 0 Å². The highest BCUT2D eigenvalue weighted by Gasteiger charge is 2.42. The SMILES string of the molecule is Nc1ccc(N2CCCC(C(F)(F)F)C2)c(Cl)c1. The van der Waals surface area contributed by atoms with Crippen LogP contribution in [0.3, 0.4) is 0 Å². The van der Waals surface area contributed by atoms with E-state index in [9.17, 15) is 13.2 Å². The number of benzene rings is 1. The molecule has 1 atom stereocenters. The molecule has 1 aliphatic heterocycles. The fourth-order valence-electron chi connectivity index (χ4n) is 2.24. The molecule has 18 heavy (non-hydrogen) atoms. The minimum Gasteiger partial charge on any atom is -0.399 e. The molecular formula is C12H14ClF3N2. The molecule has 6 heteroatoms. The van der Waals surface area contributed by atoms with Gasteiger partial charge in [0.05, 0.1) is 16.6 Å². The summed E-state index contributed by atoms with van der Waals surface area (Å²) in [5, 5.41) is 0.401. The van der Waals surface area contributed by atoms with E-state index in [0.717, 1.165) is 0 Å². The van der Waals surface area contributed by atoms with Gasteiger partial charge in [-0.3, -0.25) is 0 Å². The van der Waals surface area contributed by atoms with Gasteiger partial charge in [0.1, 0.15) is 0 Å². The van der Waals surface area contributed by atoms with Crippen molar-refractivity contribution < 1.29 is 13.2 Å². The van der Waals surface area contributed by atoms with Crippen molar-refractivity contribution in [3.8, 4) is 0 Å². The second-order valence-corrected chi connectivity index (χ2v) is 4.94. The van der Waals surface area contributed by atoms with Crippen LogP contribution in [0.4, 0.5) is 24.5 Å². The molecular weight excluding hydrogens is 265 g/mol. The molecule has 0 bridgehead atoms. The molecule has 100 valence electrons. The lowest BCUT2D eigenvalue weighted by atomic mass is 9.97. The topological polar surface area (TPSA) is 29.3 Å². The van der Waals surface area contributed by atoms with Crippen LogP contribution >= 0.6 is 11.6 Å². The number of alkyl halides is 3. The highest BCUT2D eigenvalue weighted by molar-refractivity contribution is 6.33. The smallest absolute Gasteiger partial charge is 0.393 e. The number of piperidine rings is 1. The third-order valence-corrected chi connectivity index (χ3v) is 3.50. The zero-order chi connectivity index (χ0) is 13.3. The molecule has 2 nitrogen and oxygen atoms in total. The van der Waals surface area contributed by atoms with Crippen LogP contribution in [0.15, 0.2) is 18.2 Å². The Labute approximate surface area is 109 Å². The summed E-state index contributed by atoms with van der Waals surface area (Å²) in [5.74, 6) is -1.28. The van der Waals surface area contributed by atoms with E-state index in [1.165, 1.54) is 0 Å². The summed E-state index contributed by atoms with van der Waals surface area (Å²) in [5.41, 5.74) is 6.70. The van der Waals surface area contributed by atoms with Gasteiger partial charge in [-0.2, -0.15) is 13.2 Å². The predicted molar refractivity (Wildman–Crippen MR) is 66.9 cm³/mol. The normalized spacial score (nSPS) is 21.1. The molecule has 1 saturated heterocycles. The summed E-state index contributed by atoms with van der Waals surface area (Å²) >= 11 is 6.02. The van der Waals surface area contributed by atoms with Crippen LogP contribution < -0.4 is 10.6 Å². The number of nitrogen functional groups attached to an aromatic ring is 1. The summed E-state index contributed by atoms with van der Waals surface area (Å²) in [7, 11) is 0. The van der Waals surface area contributed by atoms with Crippen LogP contribution in [0.25, 0.3) is 0 Å². The molecule has 0 aliphatic carbocycles. The average Bonchev–Trinajstić information content (AvgIpc) is 2.28. The van der Waals surface area contributed by atoms with Crippen molar-refractivity contribution in [2.75, 3.05) is 23.7 Å². The third-order valence-electron chi connectivity index (χ3n) is 3.20. The zero-order valence-corrected chi connectivity index (χ0v) is 10.4. The molecule has 2 N–H and O–H groups in total. The summed E-state index contributed by atoms with van der Waals surface area (Å²) in [6, 6.07) is 4.89. The van der Waals surface area contributed by atoms with Crippen molar-refractivity contribution in [2.45, 2.75) is 19.0 Å². The molecule has 0 spiro atoms. The molecule has 1 heterocycles. The van der Waals surface area contributed by atoms with Crippen LogP contribution in [-0.4, -0.2) is 19.3 Å². The van der Waals surface area contributed by atoms with Gasteiger partial charge < -0.3 is 10.6 Å². The second-order valence-electron chi connectivity index (χ2n) is 4.54. The highest BCUT2D eigenvalue weighted by Crippen LogP contribution is 2.37. The third kappa shape index (κ3) is 2.83. The molecule has 0 amide bonds. The molecule has 0 radical (unpaired) electrons. The summed E-state index contributed by atoms with van der Waals surface area (Å²) in [6.45, 7) is 0.559. The van der Waals surface area contributed by atoms with Crippen molar-refractivity contribution in [2.24, 2.45) is 5.92 Å². The molecule has 1 aliphatic rings. The average molecular weight is 279 g/mol. The minimum absolute atomic E-state index is 0.0346. The number of rotatable bonds is 1. The van der Waals surface area contributed by atoms with E-state index in [-0.39, 0.29) is 13.0 Å². The van der Waals surface area contributed by atoms with Crippen LogP contribution in [-0.2, 0) is 0 Å². The minimum atomic E-state index is -4.14. The van der Waals surface area contributed by atoms with E-state index in [2.05, 4.69) is 0 Å². The number of hydrogen-bond donors (Lipinski definition) is 1. The maximum absolute atomic E-state index is 12.7. The van der Waals surface area contributed by atoms with Gasteiger partial charge in [0.2, 0.25) is 0 Å². The van der Waals surface area contributed by atoms with Gasteiger partial charge in [-0.05, 0) is 31.0 Å². The number of nitrogens with zero attached hydrogens (tertiary/aromatic N) is 1. The Balaban J connectivity index is 2.18. The van der Waals surface area contributed by atoms with Gasteiger partial charge in [-0.15, -0.1) is 0 Å². The van der Waals surface area contributed by atoms with Crippen LogP contribution in [0.1, 0.15) is 12.8 Å². The first-order chi connectivity index (χ1) is 8.38. The van der Waals surface area contributed by atoms with Crippen LogP contribution in [0.5, 0.6) is 0 Å². The van der Waals surface area contributed by atoms with E-state index in [0.29, 0.717) is 29.4 Å². The van der Waals surface area contributed by atoms with Gasteiger partial charge in [0.25, 0.3) is 0 Å². The Morgan fingerprint density at radius 3 is 2.67 bits per heavy atom. The summed E-state index contributed by atoms with van der Waals surface area (Å²) in [6.07, 6.45) is -3.43. The summed E-state index contributed by atoms with van der Waals surface area (Å²) < 4.78 is 38.1. The number of nitrogens with two attached hydrogens (primary N) is 1. The van der Waals surface area contributed by atoms with E-state index in [1.807, 2.05) is 0 Å². The van der Waals surface area contributed by atoms with Crippen molar-refractivity contribution in [3.05, 3.63) is 23.2 Å². The maximum Gasteiger partial charge on any atom is 0.393 e. The Morgan fingerprint density at radius 2 is 2.06 bits per heavy atom. The monoisotopic (exact) mass is 278 g/mol. The Hall–Kier alpha value is -1.10. The standard InChI is InChI=1S/C12H14ClF3N2/c13-10-6-9(17)3-4-11(10)18-5-1-2-8(7-18)12(14,15)16/h3-4,6,8H,1-2,5,7,17H2. The molecule has 1 aromatic rings. The number of anilines is 2. The number of hydrogen-bond acceptors (Lipinski definition) is 2. The highest BCUT2D eigenvalue weighted by atomic mass is 35.5. The van der Waals surface area contributed by atoms with Gasteiger partial charge in [0, 0.05) is 18.8 Å². The van der Waals surface area contributed by atoms with E-state index in [1.54, 1.807) is 23.1 Å². The van der Waals surface area contributed by atoms with E-state index in [4.69, 9.17) is 17.3 Å². The van der Waals surface area contributed by atoms with Crippen LogP contribution in [0, 0.1) is 5.92 Å². The van der Waals surface area contributed by atoms with Gasteiger partial charge in [-0.1, -0.05) is 11.6 Å². The largest absolute Gasteiger partial charge is 0.399 e. The first-order valence-corrected chi connectivity index (χ1v) is 6.12. The Bertz CT molecular complexity index is 434. The summed E-state index contributed by atoms with van der Waals surface area (Å²) in [4.78, 5) is 1.68. The van der Waals surface area contributed by atoms with E-state index < -0.39 is 12.1 Å². The van der Waals surface area contributed by atoms with Crippen molar-refractivity contribution in [3.63, 3.8) is 0 Å². The Morgan fingerprint density at radius 1 is 1.33 bits per heavy atom. The molecule has 1 unspecified atom stereocenters. The van der Waals surface area contributed by atoms with Gasteiger partial charge in [-0.25, -0.2) is 0 Å². The van der Waals surface area contributed by atoms with Crippen molar-refractivity contribution >= 4 is 23.0 Å². The Kier molecular flexibility index (Phi) is 3.61. The lowest BCUT2D eigenvalue weighted by Gasteiger charge is -2.35.